The first-order chi connectivity index (χ1) is 7.16. The molecule has 3 atom stereocenters. The molecule has 1 saturated carbocycles. The first-order valence-corrected chi connectivity index (χ1v) is 6.63. The Hall–Kier alpha value is -0.0800. The third-order valence-corrected chi connectivity index (χ3v) is 4.42. The predicted octanol–water partition coefficient (Wildman–Crippen LogP) is 2.25. The van der Waals surface area contributed by atoms with E-state index in [1.165, 1.54) is 38.6 Å². The summed E-state index contributed by atoms with van der Waals surface area (Å²) < 4.78 is 0. The highest BCUT2D eigenvalue weighted by atomic mass is 15.2. The molecule has 0 aromatic carbocycles. The van der Waals surface area contributed by atoms with Gasteiger partial charge in [-0.2, -0.15) is 0 Å². The molecule has 0 amide bonds. The molecule has 2 heteroatoms. The second-order valence-corrected chi connectivity index (χ2v) is 5.76. The summed E-state index contributed by atoms with van der Waals surface area (Å²) in [7, 11) is 2.26. The standard InChI is InChI=1S/C13H26N2/c1-10-9-15(3)11(2)8-13(10)14-12-6-4-5-7-12/h10-14H,4-9H2,1-3H3/t10-,11+,13+/m1/s1. The van der Waals surface area contributed by atoms with E-state index in [4.69, 9.17) is 0 Å². The largest absolute Gasteiger partial charge is 0.311 e. The van der Waals surface area contributed by atoms with E-state index < -0.39 is 0 Å². The van der Waals surface area contributed by atoms with Crippen LogP contribution in [0.5, 0.6) is 0 Å². The van der Waals surface area contributed by atoms with Crippen LogP contribution in [-0.2, 0) is 0 Å². The maximum absolute atomic E-state index is 3.89. The van der Waals surface area contributed by atoms with E-state index in [9.17, 15) is 0 Å². The van der Waals surface area contributed by atoms with Crippen molar-refractivity contribution in [1.29, 1.82) is 0 Å². The molecule has 0 unspecified atom stereocenters. The average Bonchev–Trinajstić information content (AvgIpc) is 2.67. The molecule has 2 nitrogen and oxygen atoms in total. The van der Waals surface area contributed by atoms with Gasteiger partial charge in [0, 0.05) is 24.7 Å². The fraction of sp³-hybridized carbons (Fsp3) is 1.00. The summed E-state index contributed by atoms with van der Waals surface area (Å²) in [6.45, 7) is 6.01. The van der Waals surface area contributed by atoms with Crippen LogP contribution in [0.3, 0.4) is 0 Å². The molecule has 1 N–H and O–H groups in total. The zero-order valence-electron chi connectivity index (χ0n) is 10.5. The molecule has 1 aliphatic heterocycles. The van der Waals surface area contributed by atoms with Crippen molar-refractivity contribution in [3.8, 4) is 0 Å². The first-order valence-electron chi connectivity index (χ1n) is 6.63. The van der Waals surface area contributed by atoms with Crippen LogP contribution < -0.4 is 5.32 Å². The fourth-order valence-corrected chi connectivity index (χ4v) is 3.17. The lowest BCUT2D eigenvalue weighted by molar-refractivity contribution is 0.116. The van der Waals surface area contributed by atoms with Gasteiger partial charge in [-0.3, -0.25) is 0 Å². The van der Waals surface area contributed by atoms with E-state index in [-0.39, 0.29) is 0 Å². The molecular formula is C13H26N2. The Morgan fingerprint density at radius 2 is 1.80 bits per heavy atom. The maximum atomic E-state index is 3.89. The minimum Gasteiger partial charge on any atom is -0.311 e. The van der Waals surface area contributed by atoms with E-state index in [0.717, 1.165) is 24.0 Å². The van der Waals surface area contributed by atoms with Crippen LogP contribution >= 0.6 is 0 Å². The molecular weight excluding hydrogens is 184 g/mol. The Bertz CT molecular complexity index is 199. The molecule has 0 bridgehead atoms. The van der Waals surface area contributed by atoms with Crippen molar-refractivity contribution in [1.82, 2.24) is 10.2 Å². The van der Waals surface area contributed by atoms with E-state index >= 15 is 0 Å². The van der Waals surface area contributed by atoms with Crippen LogP contribution in [0.15, 0.2) is 0 Å². The highest BCUT2D eigenvalue weighted by Gasteiger charge is 2.30. The summed E-state index contributed by atoms with van der Waals surface area (Å²) in [5, 5.41) is 3.89. The number of likely N-dealkylation sites (tertiary alicyclic amines) is 1. The minimum absolute atomic E-state index is 0.750. The Morgan fingerprint density at radius 1 is 1.13 bits per heavy atom. The van der Waals surface area contributed by atoms with E-state index in [2.05, 4.69) is 31.1 Å². The van der Waals surface area contributed by atoms with Crippen LogP contribution in [0.25, 0.3) is 0 Å². The Labute approximate surface area is 94.4 Å². The lowest BCUT2D eigenvalue weighted by Crippen LogP contribution is -2.52. The summed E-state index contributed by atoms with van der Waals surface area (Å²) >= 11 is 0. The van der Waals surface area contributed by atoms with Crippen molar-refractivity contribution >= 4 is 0 Å². The lowest BCUT2D eigenvalue weighted by atomic mass is 9.89. The summed E-state index contributed by atoms with van der Waals surface area (Å²) in [4.78, 5) is 2.50. The van der Waals surface area contributed by atoms with Crippen LogP contribution in [0, 0.1) is 5.92 Å². The van der Waals surface area contributed by atoms with Crippen molar-refractivity contribution in [2.75, 3.05) is 13.6 Å². The normalized spacial score (nSPS) is 39.8. The number of nitrogens with one attached hydrogen (secondary N) is 1. The van der Waals surface area contributed by atoms with Gasteiger partial charge in [0.25, 0.3) is 0 Å². The van der Waals surface area contributed by atoms with Gasteiger partial charge in [0.1, 0.15) is 0 Å². The van der Waals surface area contributed by atoms with E-state index in [0.29, 0.717) is 0 Å². The average molecular weight is 210 g/mol. The zero-order valence-corrected chi connectivity index (χ0v) is 10.5. The molecule has 1 heterocycles. The number of piperidine rings is 1. The van der Waals surface area contributed by atoms with Crippen LogP contribution in [-0.4, -0.2) is 36.6 Å². The van der Waals surface area contributed by atoms with Gasteiger partial charge >= 0.3 is 0 Å². The molecule has 0 spiro atoms. The van der Waals surface area contributed by atoms with Crippen LogP contribution in [0.4, 0.5) is 0 Å². The SMILES string of the molecule is C[C@@H]1CN(C)[C@@H](C)C[C@@H]1NC1CCCC1. The van der Waals surface area contributed by atoms with Gasteiger partial charge in [-0.15, -0.1) is 0 Å². The number of hydrogen-bond acceptors (Lipinski definition) is 2. The molecule has 1 saturated heterocycles. The van der Waals surface area contributed by atoms with Gasteiger partial charge in [-0.25, -0.2) is 0 Å². The summed E-state index contributed by atoms with van der Waals surface area (Å²) in [6.07, 6.45) is 7.03. The number of rotatable bonds is 2. The molecule has 15 heavy (non-hydrogen) atoms. The summed E-state index contributed by atoms with van der Waals surface area (Å²) in [5.41, 5.74) is 0. The van der Waals surface area contributed by atoms with Gasteiger partial charge in [0.2, 0.25) is 0 Å². The minimum atomic E-state index is 0.750. The molecule has 2 aliphatic rings. The van der Waals surface area contributed by atoms with Crippen molar-refractivity contribution in [3.63, 3.8) is 0 Å². The van der Waals surface area contributed by atoms with Gasteiger partial charge in [-0.1, -0.05) is 19.8 Å². The van der Waals surface area contributed by atoms with Crippen molar-refractivity contribution in [2.24, 2.45) is 5.92 Å². The molecule has 88 valence electrons. The molecule has 0 radical (unpaired) electrons. The van der Waals surface area contributed by atoms with Gasteiger partial charge in [-0.05, 0) is 39.2 Å². The quantitative estimate of drug-likeness (QED) is 0.752. The van der Waals surface area contributed by atoms with Gasteiger partial charge < -0.3 is 10.2 Å². The highest BCUT2D eigenvalue weighted by molar-refractivity contribution is 4.89. The van der Waals surface area contributed by atoms with Crippen molar-refractivity contribution in [2.45, 2.75) is 64.1 Å². The molecule has 1 aliphatic carbocycles. The Kier molecular flexibility index (Phi) is 3.68. The highest BCUT2D eigenvalue weighted by Crippen LogP contribution is 2.24. The smallest absolute Gasteiger partial charge is 0.0122 e. The lowest BCUT2D eigenvalue weighted by Gasteiger charge is -2.41. The Morgan fingerprint density at radius 3 is 2.47 bits per heavy atom. The molecule has 0 aromatic rings. The van der Waals surface area contributed by atoms with Crippen molar-refractivity contribution < 1.29 is 0 Å². The topological polar surface area (TPSA) is 15.3 Å². The monoisotopic (exact) mass is 210 g/mol. The Balaban J connectivity index is 1.85. The van der Waals surface area contributed by atoms with Gasteiger partial charge in [0.15, 0.2) is 0 Å². The van der Waals surface area contributed by atoms with Gasteiger partial charge in [0.05, 0.1) is 0 Å². The second kappa shape index (κ2) is 4.84. The number of hydrogen-bond donors (Lipinski definition) is 1. The van der Waals surface area contributed by atoms with Crippen LogP contribution in [0.1, 0.15) is 46.0 Å². The van der Waals surface area contributed by atoms with E-state index in [1.54, 1.807) is 0 Å². The van der Waals surface area contributed by atoms with Crippen LogP contribution in [0.2, 0.25) is 0 Å². The zero-order chi connectivity index (χ0) is 10.8. The van der Waals surface area contributed by atoms with E-state index in [1.807, 2.05) is 0 Å². The fourth-order valence-electron chi connectivity index (χ4n) is 3.17. The first kappa shape index (κ1) is 11.4. The summed E-state index contributed by atoms with van der Waals surface area (Å²) in [6, 6.07) is 2.34. The molecule has 2 fully saturated rings. The molecule has 2 rings (SSSR count). The second-order valence-electron chi connectivity index (χ2n) is 5.76. The molecule has 0 aromatic heterocycles. The number of nitrogens with zero attached hydrogens (tertiary/aromatic N) is 1. The maximum Gasteiger partial charge on any atom is 0.0122 e. The third-order valence-electron chi connectivity index (χ3n) is 4.42. The van der Waals surface area contributed by atoms with Crippen molar-refractivity contribution in [3.05, 3.63) is 0 Å². The predicted molar refractivity (Wildman–Crippen MR) is 65.1 cm³/mol. The third kappa shape index (κ3) is 2.73. The summed E-state index contributed by atoms with van der Waals surface area (Å²) in [5.74, 6) is 0.812.